The molecule has 1 aromatic rings. The molecule has 2 N–H and O–H groups in total. The van der Waals surface area contributed by atoms with Crippen LogP contribution in [0.1, 0.15) is 18.4 Å². The van der Waals surface area contributed by atoms with Crippen molar-refractivity contribution in [2.75, 3.05) is 13.7 Å². The average Bonchev–Trinajstić information content (AvgIpc) is 2.63. The highest BCUT2D eigenvalue weighted by Crippen LogP contribution is 2.08. The normalized spacial score (nSPS) is 13.1. The first-order valence-electron chi connectivity index (χ1n) is 4.67. The van der Waals surface area contributed by atoms with E-state index < -0.39 is 0 Å². The predicted octanol–water partition coefficient (Wildman–Crippen LogP) is 0.896. The van der Waals surface area contributed by atoms with Gasteiger partial charge in [0, 0.05) is 13.2 Å². The number of aliphatic hydroxyl groups is 1. The fourth-order valence-electron chi connectivity index (χ4n) is 1.08. The third kappa shape index (κ3) is 3.49. The minimum absolute atomic E-state index is 0.0889. The number of aliphatic hydroxyl groups excluding tert-OH is 1. The summed E-state index contributed by atoms with van der Waals surface area (Å²) in [5.41, 5.74) is 0. The van der Waals surface area contributed by atoms with Gasteiger partial charge in [0.05, 0.1) is 13.2 Å². The van der Waals surface area contributed by atoms with Crippen LogP contribution in [0.15, 0.2) is 16.5 Å². The van der Waals surface area contributed by atoms with E-state index in [9.17, 15) is 0 Å². The Kier molecular flexibility index (Phi) is 4.65. The maximum atomic E-state index is 8.79. The summed E-state index contributed by atoms with van der Waals surface area (Å²) in [6.45, 7) is 3.17. The fraction of sp³-hybridized carbons (Fsp3) is 0.600. The lowest BCUT2D eigenvalue weighted by Crippen LogP contribution is -2.28. The van der Waals surface area contributed by atoms with Gasteiger partial charge < -0.3 is 19.6 Å². The van der Waals surface area contributed by atoms with Crippen molar-refractivity contribution in [2.45, 2.75) is 26.1 Å². The molecule has 0 spiro atoms. The van der Waals surface area contributed by atoms with Gasteiger partial charge >= 0.3 is 0 Å². The lowest BCUT2D eigenvalue weighted by Gasteiger charge is -2.08. The monoisotopic (exact) mass is 199 g/mol. The summed E-state index contributed by atoms with van der Waals surface area (Å²) in [5.74, 6) is 1.68. The number of furan rings is 1. The first kappa shape index (κ1) is 11.2. The molecular weight excluding hydrogens is 182 g/mol. The summed E-state index contributed by atoms with van der Waals surface area (Å²) in [6.07, 6.45) is 0. The van der Waals surface area contributed by atoms with E-state index >= 15 is 0 Å². The van der Waals surface area contributed by atoms with Crippen LogP contribution >= 0.6 is 0 Å². The average molecular weight is 199 g/mol. The summed E-state index contributed by atoms with van der Waals surface area (Å²) in [7, 11) is 1.63. The van der Waals surface area contributed by atoms with Crippen molar-refractivity contribution >= 4 is 0 Å². The summed E-state index contributed by atoms with van der Waals surface area (Å²) < 4.78 is 10.4. The highest BCUT2D eigenvalue weighted by Gasteiger charge is 2.03. The second-order valence-corrected chi connectivity index (χ2v) is 3.27. The molecule has 1 atom stereocenters. The van der Waals surface area contributed by atoms with E-state index in [1.165, 1.54) is 0 Å². The standard InChI is InChI=1S/C10H17NO3/c1-8(6-12)11-5-9-3-4-10(14-9)7-13-2/h3-4,8,11-12H,5-7H2,1-2H3/t8-/m0/s1. The van der Waals surface area contributed by atoms with Gasteiger partial charge in [-0.1, -0.05) is 0 Å². The molecule has 0 aliphatic heterocycles. The van der Waals surface area contributed by atoms with Crippen molar-refractivity contribution in [1.29, 1.82) is 0 Å². The van der Waals surface area contributed by atoms with Crippen LogP contribution in [0.2, 0.25) is 0 Å². The minimum Gasteiger partial charge on any atom is -0.462 e. The summed E-state index contributed by atoms with van der Waals surface area (Å²) in [4.78, 5) is 0. The molecule has 1 rings (SSSR count). The molecule has 0 unspecified atom stereocenters. The van der Waals surface area contributed by atoms with E-state index in [0.717, 1.165) is 11.5 Å². The number of nitrogens with one attached hydrogen (secondary N) is 1. The van der Waals surface area contributed by atoms with Gasteiger partial charge in [-0.3, -0.25) is 0 Å². The second kappa shape index (κ2) is 5.80. The van der Waals surface area contributed by atoms with Crippen LogP contribution in [0.5, 0.6) is 0 Å². The molecule has 4 nitrogen and oxygen atoms in total. The summed E-state index contributed by atoms with van der Waals surface area (Å²) in [5, 5.41) is 11.9. The van der Waals surface area contributed by atoms with Crippen LogP contribution in [0.4, 0.5) is 0 Å². The Morgan fingerprint density at radius 2 is 2.21 bits per heavy atom. The second-order valence-electron chi connectivity index (χ2n) is 3.27. The molecule has 14 heavy (non-hydrogen) atoms. The maximum absolute atomic E-state index is 8.79. The Morgan fingerprint density at radius 3 is 2.86 bits per heavy atom. The third-order valence-corrected chi connectivity index (χ3v) is 1.90. The molecule has 80 valence electrons. The minimum atomic E-state index is 0.0889. The van der Waals surface area contributed by atoms with Gasteiger partial charge in [0.1, 0.15) is 18.1 Å². The zero-order valence-corrected chi connectivity index (χ0v) is 8.62. The Labute approximate surface area is 83.9 Å². The van der Waals surface area contributed by atoms with Crippen LogP contribution in [0.3, 0.4) is 0 Å². The van der Waals surface area contributed by atoms with Crippen molar-refractivity contribution in [3.63, 3.8) is 0 Å². The quantitative estimate of drug-likeness (QED) is 0.714. The largest absolute Gasteiger partial charge is 0.462 e. The molecule has 0 bridgehead atoms. The molecule has 0 amide bonds. The van der Waals surface area contributed by atoms with Crippen LogP contribution in [0, 0.1) is 0 Å². The lowest BCUT2D eigenvalue weighted by atomic mass is 10.3. The van der Waals surface area contributed by atoms with E-state index in [0.29, 0.717) is 13.2 Å². The van der Waals surface area contributed by atoms with Crippen LogP contribution in [-0.4, -0.2) is 24.9 Å². The number of methoxy groups -OCH3 is 1. The van der Waals surface area contributed by atoms with Crippen LogP contribution in [0.25, 0.3) is 0 Å². The maximum Gasteiger partial charge on any atom is 0.129 e. The molecule has 4 heteroatoms. The zero-order valence-electron chi connectivity index (χ0n) is 8.62. The molecule has 0 aliphatic rings. The molecule has 0 fully saturated rings. The molecule has 0 saturated carbocycles. The molecule has 0 aromatic carbocycles. The van der Waals surface area contributed by atoms with E-state index in [2.05, 4.69) is 5.32 Å². The molecule has 0 radical (unpaired) electrons. The van der Waals surface area contributed by atoms with E-state index in [4.69, 9.17) is 14.3 Å². The summed E-state index contributed by atoms with van der Waals surface area (Å²) >= 11 is 0. The van der Waals surface area contributed by atoms with E-state index in [1.807, 2.05) is 19.1 Å². The Morgan fingerprint density at radius 1 is 1.50 bits per heavy atom. The van der Waals surface area contributed by atoms with Gasteiger partial charge in [-0.05, 0) is 19.1 Å². The molecule has 1 heterocycles. The third-order valence-electron chi connectivity index (χ3n) is 1.90. The first-order chi connectivity index (χ1) is 6.76. The highest BCUT2D eigenvalue weighted by molar-refractivity contribution is 5.06. The van der Waals surface area contributed by atoms with Gasteiger partial charge in [0.15, 0.2) is 0 Å². The Balaban J connectivity index is 2.35. The number of rotatable bonds is 6. The van der Waals surface area contributed by atoms with Gasteiger partial charge in [-0.15, -0.1) is 0 Å². The SMILES string of the molecule is COCc1ccc(CN[C@@H](C)CO)o1. The van der Waals surface area contributed by atoms with Crippen LogP contribution in [-0.2, 0) is 17.9 Å². The topological polar surface area (TPSA) is 54.6 Å². The first-order valence-corrected chi connectivity index (χ1v) is 4.67. The Bertz CT molecular complexity index is 260. The Hall–Kier alpha value is -0.840. The van der Waals surface area contributed by atoms with Crippen molar-refractivity contribution < 1.29 is 14.3 Å². The smallest absolute Gasteiger partial charge is 0.129 e. The molecule has 0 aliphatic carbocycles. The fourth-order valence-corrected chi connectivity index (χ4v) is 1.08. The highest BCUT2D eigenvalue weighted by atomic mass is 16.5. The number of ether oxygens (including phenoxy) is 1. The van der Waals surface area contributed by atoms with Crippen LogP contribution < -0.4 is 5.32 Å². The van der Waals surface area contributed by atoms with Crippen molar-refractivity contribution in [2.24, 2.45) is 0 Å². The molecule has 1 aromatic heterocycles. The number of hydrogen-bond donors (Lipinski definition) is 2. The van der Waals surface area contributed by atoms with E-state index in [-0.39, 0.29) is 12.6 Å². The lowest BCUT2D eigenvalue weighted by molar-refractivity contribution is 0.162. The van der Waals surface area contributed by atoms with Gasteiger partial charge in [-0.2, -0.15) is 0 Å². The summed E-state index contributed by atoms with van der Waals surface area (Å²) in [6, 6.07) is 3.89. The zero-order chi connectivity index (χ0) is 10.4. The van der Waals surface area contributed by atoms with Crippen molar-refractivity contribution in [3.05, 3.63) is 23.7 Å². The van der Waals surface area contributed by atoms with E-state index in [1.54, 1.807) is 7.11 Å². The number of hydrogen-bond acceptors (Lipinski definition) is 4. The van der Waals surface area contributed by atoms with Crippen molar-refractivity contribution in [1.82, 2.24) is 5.32 Å². The van der Waals surface area contributed by atoms with Gasteiger partial charge in [0.2, 0.25) is 0 Å². The molecular formula is C10H17NO3. The van der Waals surface area contributed by atoms with Gasteiger partial charge in [0.25, 0.3) is 0 Å². The van der Waals surface area contributed by atoms with Gasteiger partial charge in [-0.25, -0.2) is 0 Å². The van der Waals surface area contributed by atoms with Crippen molar-refractivity contribution in [3.8, 4) is 0 Å². The molecule has 0 saturated heterocycles. The predicted molar refractivity (Wildman–Crippen MR) is 52.8 cm³/mol.